The molecule has 3 aromatic heterocycles. The Morgan fingerprint density at radius 1 is 1.32 bits per heavy atom. The van der Waals surface area contributed by atoms with E-state index in [4.69, 9.17) is 9.15 Å². The molecule has 4 aromatic rings. The third-order valence-electron chi connectivity index (χ3n) is 5.07. The molecule has 5 rings (SSSR count). The molecule has 0 saturated heterocycles. The molecule has 1 amide bonds. The first kappa shape index (κ1) is 16.6. The Bertz CT molecular complexity index is 1270. The van der Waals surface area contributed by atoms with E-state index in [0.29, 0.717) is 35.6 Å². The number of amides is 1. The van der Waals surface area contributed by atoms with Gasteiger partial charge in [0.2, 0.25) is 0 Å². The molecule has 7 nitrogen and oxygen atoms in total. The molecule has 0 saturated carbocycles. The van der Waals surface area contributed by atoms with E-state index in [0.717, 1.165) is 22.0 Å². The summed E-state index contributed by atoms with van der Waals surface area (Å²) < 4.78 is 12.5. The van der Waals surface area contributed by atoms with Crippen LogP contribution in [0.15, 0.2) is 47.1 Å². The summed E-state index contributed by atoms with van der Waals surface area (Å²) in [4.78, 5) is 26.7. The molecule has 1 aliphatic rings. The monoisotopic (exact) mass is 375 g/mol. The molecular formula is C21H17N3O4. The standard InChI is InChI=1S/C21H17N3O4/c1-12-6-14-8-15(28-19(14)16(7-12)21(26)27-2)11-23-10-13-4-3-5-24-18(13)17(9-22-24)20(23)25/h3-9H,10-11H2,1-2H3. The minimum absolute atomic E-state index is 0.0847. The molecule has 7 heteroatoms. The van der Waals surface area contributed by atoms with Gasteiger partial charge in [0.25, 0.3) is 5.91 Å². The topological polar surface area (TPSA) is 77.1 Å². The summed E-state index contributed by atoms with van der Waals surface area (Å²) in [5.41, 5.74) is 4.28. The van der Waals surface area contributed by atoms with Crippen molar-refractivity contribution < 1.29 is 18.7 Å². The van der Waals surface area contributed by atoms with Gasteiger partial charge in [-0.15, -0.1) is 0 Å². The molecule has 0 bridgehead atoms. The van der Waals surface area contributed by atoms with Crippen LogP contribution in [0.25, 0.3) is 16.5 Å². The summed E-state index contributed by atoms with van der Waals surface area (Å²) in [5.74, 6) is 0.0836. The maximum absolute atomic E-state index is 12.9. The predicted octanol–water partition coefficient (Wildman–Crippen LogP) is 3.33. The number of benzene rings is 1. The fraction of sp³-hybridized carbons (Fsp3) is 0.190. The van der Waals surface area contributed by atoms with E-state index in [9.17, 15) is 9.59 Å². The number of pyridine rings is 1. The van der Waals surface area contributed by atoms with Crippen LogP contribution >= 0.6 is 0 Å². The lowest BCUT2D eigenvalue weighted by Gasteiger charge is -2.25. The second kappa shape index (κ2) is 5.95. The van der Waals surface area contributed by atoms with Gasteiger partial charge in [0, 0.05) is 18.1 Å². The number of carbonyl (C=O) groups excluding carboxylic acids is 2. The Morgan fingerprint density at radius 3 is 3.00 bits per heavy atom. The average Bonchev–Trinajstić information content (AvgIpc) is 3.29. The van der Waals surface area contributed by atoms with Gasteiger partial charge in [0.1, 0.15) is 16.9 Å². The number of aryl methyl sites for hydroxylation is 1. The summed E-state index contributed by atoms with van der Waals surface area (Å²) in [5, 5.41) is 5.07. The van der Waals surface area contributed by atoms with E-state index in [1.165, 1.54) is 7.11 Å². The summed E-state index contributed by atoms with van der Waals surface area (Å²) in [7, 11) is 1.34. The van der Waals surface area contributed by atoms with E-state index in [1.807, 2.05) is 37.4 Å². The molecular weight excluding hydrogens is 358 g/mol. The van der Waals surface area contributed by atoms with Crippen LogP contribution in [0.1, 0.15) is 37.6 Å². The van der Waals surface area contributed by atoms with Crippen molar-refractivity contribution in [2.75, 3.05) is 7.11 Å². The van der Waals surface area contributed by atoms with Crippen LogP contribution in [0.5, 0.6) is 0 Å². The molecule has 0 unspecified atom stereocenters. The first-order valence-electron chi connectivity index (χ1n) is 8.91. The highest BCUT2D eigenvalue weighted by atomic mass is 16.5. The fourth-order valence-corrected chi connectivity index (χ4v) is 3.86. The van der Waals surface area contributed by atoms with Crippen LogP contribution in [0.3, 0.4) is 0 Å². The number of carbonyl (C=O) groups is 2. The summed E-state index contributed by atoms with van der Waals surface area (Å²) in [6, 6.07) is 9.48. The maximum atomic E-state index is 12.9. The van der Waals surface area contributed by atoms with E-state index in [1.54, 1.807) is 21.7 Å². The van der Waals surface area contributed by atoms with Gasteiger partial charge in [-0.3, -0.25) is 4.79 Å². The molecule has 4 heterocycles. The van der Waals surface area contributed by atoms with Gasteiger partial charge >= 0.3 is 5.97 Å². The number of ether oxygens (including phenoxy) is 1. The van der Waals surface area contributed by atoms with Crippen LogP contribution < -0.4 is 0 Å². The van der Waals surface area contributed by atoms with Crippen LogP contribution in [-0.2, 0) is 17.8 Å². The van der Waals surface area contributed by atoms with Gasteiger partial charge in [-0.1, -0.05) is 6.07 Å². The fourth-order valence-electron chi connectivity index (χ4n) is 3.86. The number of hydrogen-bond acceptors (Lipinski definition) is 5. The molecule has 1 aliphatic heterocycles. The van der Waals surface area contributed by atoms with Gasteiger partial charge in [-0.2, -0.15) is 5.10 Å². The van der Waals surface area contributed by atoms with E-state index >= 15 is 0 Å². The van der Waals surface area contributed by atoms with Crippen molar-refractivity contribution >= 4 is 28.4 Å². The highest BCUT2D eigenvalue weighted by molar-refractivity contribution is 6.04. The molecule has 1 aromatic carbocycles. The molecule has 28 heavy (non-hydrogen) atoms. The number of rotatable bonds is 3. The molecule has 0 radical (unpaired) electrons. The number of aromatic nitrogens is 2. The van der Waals surface area contributed by atoms with Crippen LogP contribution in [0.4, 0.5) is 0 Å². The van der Waals surface area contributed by atoms with Gasteiger partial charge < -0.3 is 14.1 Å². The summed E-state index contributed by atoms with van der Waals surface area (Å²) in [6.45, 7) is 2.69. The number of esters is 1. The van der Waals surface area contributed by atoms with Crippen LogP contribution in [0.2, 0.25) is 0 Å². The summed E-state index contributed by atoms with van der Waals surface area (Å²) in [6.07, 6.45) is 3.44. The first-order valence-corrected chi connectivity index (χ1v) is 8.91. The molecule has 0 atom stereocenters. The Hall–Kier alpha value is -3.61. The minimum Gasteiger partial charge on any atom is -0.465 e. The third kappa shape index (κ3) is 2.40. The second-order valence-electron chi connectivity index (χ2n) is 6.98. The lowest BCUT2D eigenvalue weighted by Crippen LogP contribution is -2.33. The number of methoxy groups -OCH3 is 1. The Balaban J connectivity index is 1.52. The highest BCUT2D eigenvalue weighted by Crippen LogP contribution is 2.30. The first-order chi connectivity index (χ1) is 13.5. The second-order valence-corrected chi connectivity index (χ2v) is 6.98. The largest absolute Gasteiger partial charge is 0.465 e. The zero-order valence-electron chi connectivity index (χ0n) is 15.4. The van der Waals surface area contributed by atoms with Crippen LogP contribution in [0, 0.1) is 6.92 Å². The molecule has 0 N–H and O–H groups in total. The molecule has 0 aliphatic carbocycles. The van der Waals surface area contributed by atoms with Gasteiger partial charge in [-0.05, 0) is 42.3 Å². The number of hydrogen-bond donors (Lipinski definition) is 0. The van der Waals surface area contributed by atoms with E-state index < -0.39 is 5.97 Å². The van der Waals surface area contributed by atoms with Crippen molar-refractivity contribution in [2.45, 2.75) is 20.0 Å². The predicted molar refractivity (Wildman–Crippen MR) is 101 cm³/mol. The Labute approximate surface area is 160 Å². The average molecular weight is 375 g/mol. The van der Waals surface area contributed by atoms with Crippen molar-refractivity contribution in [1.82, 2.24) is 14.5 Å². The van der Waals surface area contributed by atoms with Crippen LogP contribution in [-0.4, -0.2) is 33.5 Å². The number of fused-ring (bicyclic) bond motifs is 1. The van der Waals surface area contributed by atoms with Crippen molar-refractivity contribution in [3.8, 4) is 0 Å². The third-order valence-corrected chi connectivity index (χ3v) is 5.07. The number of nitrogens with zero attached hydrogens (tertiary/aromatic N) is 3. The van der Waals surface area contributed by atoms with E-state index in [2.05, 4.69) is 5.10 Å². The SMILES string of the molecule is COC(=O)c1cc(C)cc2cc(CN3Cc4cccn5ncc(c45)C3=O)oc12. The zero-order valence-corrected chi connectivity index (χ0v) is 15.4. The zero-order chi connectivity index (χ0) is 19.4. The smallest absolute Gasteiger partial charge is 0.341 e. The quantitative estimate of drug-likeness (QED) is 0.513. The maximum Gasteiger partial charge on any atom is 0.341 e. The molecule has 0 spiro atoms. The Morgan fingerprint density at radius 2 is 2.18 bits per heavy atom. The van der Waals surface area contributed by atoms with Crippen molar-refractivity contribution in [3.63, 3.8) is 0 Å². The van der Waals surface area contributed by atoms with Gasteiger partial charge in [0.05, 0.1) is 30.9 Å². The van der Waals surface area contributed by atoms with Crippen molar-refractivity contribution in [3.05, 3.63) is 70.7 Å². The molecule has 0 fully saturated rings. The normalized spacial score (nSPS) is 13.5. The lowest BCUT2D eigenvalue weighted by molar-refractivity contribution is 0.0600. The lowest BCUT2D eigenvalue weighted by atomic mass is 10.1. The Kier molecular flexibility index (Phi) is 3.52. The van der Waals surface area contributed by atoms with E-state index in [-0.39, 0.29) is 5.91 Å². The number of furan rings is 1. The van der Waals surface area contributed by atoms with Crippen molar-refractivity contribution in [1.29, 1.82) is 0 Å². The molecule has 140 valence electrons. The van der Waals surface area contributed by atoms with Crippen molar-refractivity contribution in [2.24, 2.45) is 0 Å². The highest BCUT2D eigenvalue weighted by Gasteiger charge is 2.28. The van der Waals surface area contributed by atoms with Gasteiger partial charge in [0.15, 0.2) is 0 Å². The van der Waals surface area contributed by atoms with Gasteiger partial charge in [-0.25, -0.2) is 9.31 Å². The summed E-state index contributed by atoms with van der Waals surface area (Å²) >= 11 is 0. The minimum atomic E-state index is -0.445.